The SMILES string of the molecule is COC(=O)c1nnn(Cc2cn3ccsc3n2)c1C(C)C. The van der Waals surface area contributed by atoms with Crippen LogP contribution in [0.1, 0.15) is 41.6 Å². The molecule has 0 N–H and O–H groups in total. The van der Waals surface area contributed by atoms with Crippen molar-refractivity contribution in [1.82, 2.24) is 24.4 Å². The maximum absolute atomic E-state index is 11.7. The molecule has 3 heterocycles. The normalized spacial score (nSPS) is 11.4. The van der Waals surface area contributed by atoms with Crippen LogP contribution in [-0.2, 0) is 11.3 Å². The Hall–Kier alpha value is -2.22. The van der Waals surface area contributed by atoms with Crippen LogP contribution in [-0.4, -0.2) is 37.5 Å². The molecular formula is C13H15N5O2S. The predicted molar refractivity (Wildman–Crippen MR) is 77.6 cm³/mol. The molecule has 3 rings (SSSR count). The monoisotopic (exact) mass is 305 g/mol. The number of carbonyl (C=O) groups is 1. The van der Waals surface area contributed by atoms with Gasteiger partial charge in [-0.3, -0.25) is 4.40 Å². The molecular weight excluding hydrogens is 290 g/mol. The molecule has 110 valence electrons. The number of ether oxygens (including phenoxy) is 1. The van der Waals surface area contributed by atoms with Crippen molar-refractivity contribution in [3.8, 4) is 0 Å². The number of thiazole rings is 1. The lowest BCUT2D eigenvalue weighted by Gasteiger charge is -2.09. The Labute approximate surface area is 125 Å². The van der Waals surface area contributed by atoms with E-state index in [-0.39, 0.29) is 11.6 Å². The molecule has 0 aliphatic heterocycles. The van der Waals surface area contributed by atoms with Gasteiger partial charge in [-0.1, -0.05) is 19.1 Å². The Kier molecular flexibility index (Phi) is 3.46. The van der Waals surface area contributed by atoms with Gasteiger partial charge in [0.05, 0.1) is 25.0 Å². The summed E-state index contributed by atoms with van der Waals surface area (Å²) < 4.78 is 8.43. The molecule has 0 saturated carbocycles. The van der Waals surface area contributed by atoms with Crippen LogP contribution in [0.4, 0.5) is 0 Å². The minimum absolute atomic E-state index is 0.109. The standard InChI is InChI=1S/C13H15N5O2S/c1-8(2)11-10(12(19)20-3)15-16-18(11)7-9-6-17-4-5-21-13(17)14-9/h4-6,8H,7H2,1-3H3. The maximum atomic E-state index is 11.7. The van der Waals surface area contributed by atoms with Crippen molar-refractivity contribution in [2.45, 2.75) is 26.3 Å². The van der Waals surface area contributed by atoms with Gasteiger partial charge in [-0.25, -0.2) is 14.5 Å². The lowest BCUT2D eigenvalue weighted by molar-refractivity contribution is 0.0592. The van der Waals surface area contributed by atoms with Gasteiger partial charge in [-0.05, 0) is 5.92 Å². The number of methoxy groups -OCH3 is 1. The number of fused-ring (bicyclic) bond motifs is 1. The highest BCUT2D eigenvalue weighted by molar-refractivity contribution is 7.15. The molecule has 0 aliphatic carbocycles. The van der Waals surface area contributed by atoms with E-state index in [9.17, 15) is 4.79 Å². The van der Waals surface area contributed by atoms with Gasteiger partial charge < -0.3 is 4.74 Å². The van der Waals surface area contributed by atoms with E-state index < -0.39 is 5.97 Å². The Morgan fingerprint density at radius 1 is 1.48 bits per heavy atom. The van der Waals surface area contributed by atoms with Crippen LogP contribution in [0.5, 0.6) is 0 Å². The maximum Gasteiger partial charge on any atom is 0.360 e. The van der Waals surface area contributed by atoms with Crippen molar-refractivity contribution in [3.63, 3.8) is 0 Å². The number of aromatic nitrogens is 5. The number of hydrogen-bond donors (Lipinski definition) is 0. The van der Waals surface area contributed by atoms with E-state index in [1.165, 1.54) is 7.11 Å². The Balaban J connectivity index is 1.96. The quantitative estimate of drug-likeness (QED) is 0.689. The fourth-order valence-electron chi connectivity index (χ4n) is 2.26. The molecule has 0 radical (unpaired) electrons. The Morgan fingerprint density at radius 2 is 2.29 bits per heavy atom. The largest absolute Gasteiger partial charge is 0.464 e. The van der Waals surface area contributed by atoms with Gasteiger partial charge in [0.15, 0.2) is 10.7 Å². The smallest absolute Gasteiger partial charge is 0.360 e. The molecule has 0 atom stereocenters. The van der Waals surface area contributed by atoms with Crippen molar-refractivity contribution < 1.29 is 9.53 Å². The molecule has 0 amide bonds. The van der Waals surface area contributed by atoms with E-state index >= 15 is 0 Å². The number of nitrogens with zero attached hydrogens (tertiary/aromatic N) is 5. The van der Waals surface area contributed by atoms with E-state index in [1.54, 1.807) is 16.0 Å². The molecule has 0 saturated heterocycles. The summed E-state index contributed by atoms with van der Waals surface area (Å²) >= 11 is 1.58. The minimum Gasteiger partial charge on any atom is -0.464 e. The zero-order valence-corrected chi connectivity index (χ0v) is 12.8. The number of esters is 1. The van der Waals surface area contributed by atoms with Crippen molar-refractivity contribution in [3.05, 3.63) is 34.9 Å². The summed E-state index contributed by atoms with van der Waals surface area (Å²) in [6, 6.07) is 0. The number of carbonyl (C=O) groups excluding carboxylic acids is 1. The van der Waals surface area contributed by atoms with Crippen LogP contribution >= 0.6 is 11.3 Å². The molecule has 8 heteroatoms. The molecule has 7 nitrogen and oxygen atoms in total. The molecule has 0 spiro atoms. The predicted octanol–water partition coefficient (Wildman–Crippen LogP) is 1.95. The molecule has 0 bridgehead atoms. The zero-order valence-electron chi connectivity index (χ0n) is 12.0. The van der Waals surface area contributed by atoms with E-state index in [0.717, 1.165) is 16.3 Å². The number of hydrogen-bond acceptors (Lipinski definition) is 6. The summed E-state index contributed by atoms with van der Waals surface area (Å²) in [6.07, 6.45) is 3.91. The molecule has 0 unspecified atom stereocenters. The van der Waals surface area contributed by atoms with Crippen LogP contribution in [0.15, 0.2) is 17.8 Å². The van der Waals surface area contributed by atoms with Gasteiger partial charge in [-0.15, -0.1) is 16.4 Å². The van der Waals surface area contributed by atoms with Crippen molar-refractivity contribution in [1.29, 1.82) is 0 Å². The number of rotatable bonds is 4. The highest BCUT2D eigenvalue weighted by Gasteiger charge is 2.23. The van der Waals surface area contributed by atoms with Crippen LogP contribution in [0, 0.1) is 0 Å². The van der Waals surface area contributed by atoms with E-state index in [1.807, 2.05) is 36.0 Å². The first kappa shape index (κ1) is 13.7. The zero-order chi connectivity index (χ0) is 15.0. The lowest BCUT2D eigenvalue weighted by Crippen LogP contribution is -2.12. The summed E-state index contributed by atoms with van der Waals surface area (Å²) in [7, 11) is 1.34. The van der Waals surface area contributed by atoms with Gasteiger partial charge in [0.1, 0.15) is 0 Å². The van der Waals surface area contributed by atoms with Crippen LogP contribution < -0.4 is 0 Å². The topological polar surface area (TPSA) is 74.3 Å². The van der Waals surface area contributed by atoms with E-state index in [2.05, 4.69) is 15.3 Å². The van der Waals surface area contributed by atoms with Crippen molar-refractivity contribution in [2.75, 3.05) is 7.11 Å². The molecule has 0 aromatic carbocycles. The van der Waals surface area contributed by atoms with Gasteiger partial charge in [-0.2, -0.15) is 0 Å². The first-order chi connectivity index (χ1) is 10.1. The average molecular weight is 305 g/mol. The second-order valence-electron chi connectivity index (χ2n) is 4.95. The van der Waals surface area contributed by atoms with Gasteiger partial charge in [0.25, 0.3) is 0 Å². The highest BCUT2D eigenvalue weighted by Crippen LogP contribution is 2.20. The summed E-state index contributed by atoms with van der Waals surface area (Å²) in [6.45, 7) is 4.46. The molecule has 3 aromatic rings. The number of imidazole rings is 1. The third-order valence-corrected chi connectivity index (χ3v) is 3.92. The fourth-order valence-corrected chi connectivity index (χ4v) is 2.98. The van der Waals surface area contributed by atoms with Gasteiger partial charge >= 0.3 is 5.97 Å². The van der Waals surface area contributed by atoms with Crippen molar-refractivity contribution in [2.24, 2.45) is 0 Å². The van der Waals surface area contributed by atoms with Gasteiger partial charge in [0.2, 0.25) is 0 Å². The minimum atomic E-state index is -0.462. The summed E-state index contributed by atoms with van der Waals surface area (Å²) in [4.78, 5) is 17.2. The third kappa shape index (κ3) is 2.42. The van der Waals surface area contributed by atoms with E-state index in [0.29, 0.717) is 6.54 Å². The first-order valence-corrected chi connectivity index (χ1v) is 7.41. The lowest BCUT2D eigenvalue weighted by atomic mass is 10.1. The Morgan fingerprint density at radius 3 is 2.95 bits per heavy atom. The highest BCUT2D eigenvalue weighted by atomic mass is 32.1. The van der Waals surface area contributed by atoms with Gasteiger partial charge in [0, 0.05) is 17.8 Å². The van der Waals surface area contributed by atoms with Crippen LogP contribution in [0.25, 0.3) is 4.96 Å². The van der Waals surface area contributed by atoms with Crippen LogP contribution in [0.3, 0.4) is 0 Å². The van der Waals surface area contributed by atoms with Crippen LogP contribution in [0.2, 0.25) is 0 Å². The summed E-state index contributed by atoms with van der Waals surface area (Å²) in [5.41, 5.74) is 1.91. The molecule has 0 fully saturated rings. The van der Waals surface area contributed by atoms with Crippen molar-refractivity contribution >= 4 is 22.3 Å². The molecule has 3 aromatic heterocycles. The average Bonchev–Trinajstić information content (AvgIpc) is 3.11. The third-order valence-electron chi connectivity index (χ3n) is 3.15. The fraction of sp³-hybridized carbons (Fsp3) is 0.385. The second kappa shape index (κ2) is 5.28. The summed E-state index contributed by atoms with van der Waals surface area (Å²) in [5.74, 6) is -0.353. The summed E-state index contributed by atoms with van der Waals surface area (Å²) in [5, 5.41) is 10.0. The second-order valence-corrected chi connectivity index (χ2v) is 5.83. The first-order valence-electron chi connectivity index (χ1n) is 6.53. The molecule has 21 heavy (non-hydrogen) atoms. The van der Waals surface area contributed by atoms with E-state index in [4.69, 9.17) is 4.74 Å². The molecule has 0 aliphatic rings. The Bertz CT molecular complexity index is 757.